The van der Waals surface area contributed by atoms with Gasteiger partial charge in [-0.2, -0.15) is 4.31 Å². The first-order valence-corrected chi connectivity index (χ1v) is 9.77. The zero-order valence-electron chi connectivity index (χ0n) is 14.6. The molecular weight excluding hydrogens is 404 g/mol. The average Bonchev–Trinajstić information content (AvgIpc) is 2.64. The molecule has 1 heterocycles. The molecule has 11 heteroatoms. The second-order valence-electron chi connectivity index (χ2n) is 5.96. The van der Waals surface area contributed by atoms with Crippen LogP contribution in [0.15, 0.2) is 29.2 Å². The first kappa shape index (κ1) is 23.5. The zero-order valence-corrected chi connectivity index (χ0v) is 16.3. The van der Waals surface area contributed by atoms with Crippen LogP contribution in [0.25, 0.3) is 0 Å². The first-order valence-electron chi connectivity index (χ1n) is 8.33. The normalized spacial score (nSPS) is 18.0. The van der Waals surface area contributed by atoms with Crippen LogP contribution >= 0.6 is 12.4 Å². The average molecular weight is 428 g/mol. The second-order valence-corrected chi connectivity index (χ2v) is 7.89. The predicted molar refractivity (Wildman–Crippen MR) is 98.7 cm³/mol. The Kier molecular flexibility index (Phi) is 9.37. The SMILES string of the molecule is Cl.NCCNC(=O)C1CCCN(S(=O)(=O)c2ccc(OCC(F)F)cc2)C1. The van der Waals surface area contributed by atoms with Crippen LogP contribution in [0.4, 0.5) is 8.78 Å². The summed E-state index contributed by atoms with van der Waals surface area (Å²) in [5.74, 6) is -0.452. The molecule has 0 saturated carbocycles. The summed E-state index contributed by atoms with van der Waals surface area (Å²) in [6, 6.07) is 5.30. The molecule has 1 aliphatic heterocycles. The van der Waals surface area contributed by atoms with Gasteiger partial charge in [0.1, 0.15) is 12.4 Å². The highest BCUT2D eigenvalue weighted by Crippen LogP contribution is 2.25. The van der Waals surface area contributed by atoms with Gasteiger partial charge in [-0.05, 0) is 37.1 Å². The van der Waals surface area contributed by atoms with Crippen LogP contribution in [0.3, 0.4) is 0 Å². The van der Waals surface area contributed by atoms with E-state index in [9.17, 15) is 22.0 Å². The number of carbonyl (C=O) groups is 1. The summed E-state index contributed by atoms with van der Waals surface area (Å²) in [6.45, 7) is 0.343. The smallest absolute Gasteiger partial charge is 0.272 e. The fourth-order valence-electron chi connectivity index (χ4n) is 2.73. The fourth-order valence-corrected chi connectivity index (χ4v) is 4.25. The molecule has 154 valence electrons. The number of hydrogen-bond donors (Lipinski definition) is 2. The second kappa shape index (κ2) is 10.7. The van der Waals surface area contributed by atoms with Crippen molar-refractivity contribution < 1.29 is 26.7 Å². The van der Waals surface area contributed by atoms with Gasteiger partial charge in [0.05, 0.1) is 10.8 Å². The van der Waals surface area contributed by atoms with Crippen molar-refractivity contribution in [1.29, 1.82) is 0 Å². The number of nitrogens with one attached hydrogen (secondary N) is 1. The van der Waals surface area contributed by atoms with Crippen molar-refractivity contribution in [2.75, 3.05) is 32.8 Å². The Morgan fingerprint density at radius 2 is 2.00 bits per heavy atom. The highest BCUT2D eigenvalue weighted by atomic mass is 35.5. The van der Waals surface area contributed by atoms with Gasteiger partial charge in [0.2, 0.25) is 15.9 Å². The van der Waals surface area contributed by atoms with Crippen LogP contribution < -0.4 is 15.8 Å². The molecule has 1 aliphatic rings. The van der Waals surface area contributed by atoms with Gasteiger partial charge >= 0.3 is 0 Å². The molecule has 3 N–H and O–H groups in total. The topological polar surface area (TPSA) is 102 Å². The molecule has 1 amide bonds. The van der Waals surface area contributed by atoms with Gasteiger partial charge in [-0.1, -0.05) is 0 Å². The maximum absolute atomic E-state index is 12.8. The van der Waals surface area contributed by atoms with Crippen LogP contribution in [0.2, 0.25) is 0 Å². The lowest BCUT2D eigenvalue weighted by atomic mass is 9.99. The van der Waals surface area contributed by atoms with Crippen molar-refractivity contribution in [3.05, 3.63) is 24.3 Å². The molecule has 1 aromatic rings. The maximum Gasteiger partial charge on any atom is 0.272 e. The number of piperidine rings is 1. The number of benzene rings is 1. The maximum atomic E-state index is 12.8. The van der Waals surface area contributed by atoms with Gasteiger partial charge in [0.25, 0.3) is 6.43 Å². The zero-order chi connectivity index (χ0) is 19.2. The Bertz CT molecular complexity index is 704. The van der Waals surface area contributed by atoms with Crippen LogP contribution in [0, 0.1) is 5.92 Å². The molecule has 1 aromatic carbocycles. The van der Waals surface area contributed by atoms with E-state index < -0.39 is 29.0 Å². The largest absolute Gasteiger partial charge is 0.488 e. The van der Waals surface area contributed by atoms with E-state index in [2.05, 4.69) is 5.32 Å². The Morgan fingerprint density at radius 3 is 2.59 bits per heavy atom. The minimum absolute atomic E-state index is 0. The van der Waals surface area contributed by atoms with E-state index in [1.54, 1.807) is 0 Å². The number of amides is 1. The highest BCUT2D eigenvalue weighted by Gasteiger charge is 2.33. The summed E-state index contributed by atoms with van der Waals surface area (Å²) < 4.78 is 55.9. The number of halogens is 3. The number of nitrogens with two attached hydrogens (primary N) is 1. The molecule has 0 radical (unpaired) electrons. The van der Waals surface area contributed by atoms with Crippen molar-refractivity contribution >= 4 is 28.3 Å². The molecule has 0 aromatic heterocycles. The van der Waals surface area contributed by atoms with Crippen molar-refractivity contribution in [2.24, 2.45) is 11.7 Å². The van der Waals surface area contributed by atoms with Crippen molar-refractivity contribution in [3.8, 4) is 5.75 Å². The quantitative estimate of drug-likeness (QED) is 0.649. The molecule has 2 rings (SSSR count). The van der Waals surface area contributed by atoms with Crippen LogP contribution in [0.5, 0.6) is 5.75 Å². The summed E-state index contributed by atoms with van der Waals surface area (Å²) >= 11 is 0. The molecule has 1 saturated heterocycles. The van der Waals surface area contributed by atoms with Crippen molar-refractivity contribution in [2.45, 2.75) is 24.2 Å². The van der Waals surface area contributed by atoms with Crippen LogP contribution in [-0.2, 0) is 14.8 Å². The number of alkyl halides is 2. The van der Waals surface area contributed by atoms with Gasteiger partial charge in [-0.15, -0.1) is 12.4 Å². The molecule has 0 spiro atoms. The molecule has 0 bridgehead atoms. The van der Waals surface area contributed by atoms with E-state index in [-0.39, 0.29) is 35.5 Å². The lowest BCUT2D eigenvalue weighted by molar-refractivity contribution is -0.126. The monoisotopic (exact) mass is 427 g/mol. The molecule has 1 fully saturated rings. The third kappa shape index (κ3) is 6.56. The Morgan fingerprint density at radius 1 is 1.33 bits per heavy atom. The Balaban J connectivity index is 0.00000364. The number of rotatable bonds is 8. The summed E-state index contributed by atoms with van der Waals surface area (Å²) in [5, 5.41) is 2.68. The number of sulfonamides is 1. The van der Waals surface area contributed by atoms with E-state index in [1.807, 2.05) is 0 Å². The molecule has 1 atom stereocenters. The van der Waals surface area contributed by atoms with Crippen molar-refractivity contribution in [1.82, 2.24) is 9.62 Å². The lowest BCUT2D eigenvalue weighted by Crippen LogP contribution is -2.46. The summed E-state index contributed by atoms with van der Waals surface area (Å²) in [5.41, 5.74) is 5.36. The minimum Gasteiger partial charge on any atom is -0.488 e. The summed E-state index contributed by atoms with van der Waals surface area (Å²) in [7, 11) is -3.77. The van der Waals surface area contributed by atoms with Gasteiger partial charge < -0.3 is 15.8 Å². The lowest BCUT2D eigenvalue weighted by Gasteiger charge is -2.31. The molecule has 1 unspecified atom stereocenters. The fraction of sp³-hybridized carbons (Fsp3) is 0.562. The van der Waals surface area contributed by atoms with Crippen molar-refractivity contribution in [3.63, 3.8) is 0 Å². The molecule has 27 heavy (non-hydrogen) atoms. The number of carbonyl (C=O) groups excluding carboxylic acids is 1. The van der Waals surface area contributed by atoms with Crippen LogP contribution in [0.1, 0.15) is 12.8 Å². The third-order valence-corrected chi connectivity index (χ3v) is 5.92. The van der Waals surface area contributed by atoms with Gasteiger partial charge in [0, 0.05) is 26.2 Å². The van der Waals surface area contributed by atoms with E-state index in [0.717, 1.165) is 0 Å². The summed E-state index contributed by atoms with van der Waals surface area (Å²) in [6.07, 6.45) is -1.41. The minimum atomic E-state index is -3.77. The van der Waals surface area contributed by atoms with Gasteiger partial charge in [0.15, 0.2) is 0 Å². The van der Waals surface area contributed by atoms with E-state index in [4.69, 9.17) is 10.5 Å². The Labute approximate surface area is 163 Å². The van der Waals surface area contributed by atoms with Gasteiger partial charge in [-0.25, -0.2) is 17.2 Å². The first-order chi connectivity index (χ1) is 12.3. The van der Waals surface area contributed by atoms with Crippen LogP contribution in [-0.4, -0.2) is 57.8 Å². The molecule has 0 aliphatic carbocycles. The predicted octanol–water partition coefficient (Wildman–Crippen LogP) is 1.23. The van der Waals surface area contributed by atoms with Gasteiger partial charge in [-0.3, -0.25) is 4.79 Å². The third-order valence-electron chi connectivity index (χ3n) is 4.04. The van der Waals surface area contributed by atoms with E-state index >= 15 is 0 Å². The number of ether oxygens (including phenoxy) is 1. The van der Waals surface area contributed by atoms with E-state index in [0.29, 0.717) is 32.5 Å². The molecule has 7 nitrogen and oxygen atoms in total. The number of nitrogens with zero attached hydrogens (tertiary/aromatic N) is 1. The summed E-state index contributed by atoms with van der Waals surface area (Å²) in [4.78, 5) is 12.1. The Hall–Kier alpha value is -1.49. The number of hydrogen-bond acceptors (Lipinski definition) is 5. The molecular formula is C16H24ClF2N3O4S. The highest BCUT2D eigenvalue weighted by molar-refractivity contribution is 7.89. The van der Waals surface area contributed by atoms with E-state index in [1.165, 1.54) is 28.6 Å². The standard InChI is InChI=1S/C16H23F2N3O4S.ClH/c17-15(18)11-25-13-3-5-14(6-4-13)26(23,24)21-9-1-2-12(10-21)16(22)20-8-7-19;/h3-6,12,15H,1-2,7-11,19H2,(H,20,22);1H.